The lowest BCUT2D eigenvalue weighted by atomic mass is 9.96. The number of nitrogens with zero attached hydrogens (tertiary/aromatic N) is 1. The summed E-state index contributed by atoms with van der Waals surface area (Å²) in [4.78, 5) is 16.4. The Bertz CT molecular complexity index is 642. The topological polar surface area (TPSA) is 41.5 Å². The Morgan fingerprint density at radius 1 is 1.22 bits per heavy atom. The number of alkyl halides is 3. The van der Waals surface area contributed by atoms with Gasteiger partial charge in [-0.25, -0.2) is 0 Å². The van der Waals surface area contributed by atoms with Crippen LogP contribution in [0.25, 0.3) is 0 Å². The molecule has 1 amide bonds. The minimum atomic E-state index is -4.43. The summed E-state index contributed by atoms with van der Waals surface area (Å²) in [6.45, 7) is 7.26. The maximum Gasteiger partial charge on any atom is 0.416 e. The van der Waals surface area contributed by atoms with Crippen LogP contribution in [0.3, 0.4) is 0 Å². The van der Waals surface area contributed by atoms with Gasteiger partial charge in [-0.2, -0.15) is 13.2 Å². The van der Waals surface area contributed by atoms with Crippen LogP contribution >= 0.6 is 11.8 Å². The number of carbonyl (C=O) groups excluding carboxylic acids is 1. The van der Waals surface area contributed by atoms with Crippen LogP contribution in [0.4, 0.5) is 13.2 Å². The van der Waals surface area contributed by atoms with E-state index in [2.05, 4.69) is 10.3 Å². The van der Waals surface area contributed by atoms with Crippen LogP contribution in [0, 0.1) is 5.92 Å². The summed E-state index contributed by atoms with van der Waals surface area (Å²) in [5.41, 5.74) is -0.599. The molecule has 23 heavy (non-hydrogen) atoms. The largest absolute Gasteiger partial charge is 0.416 e. The predicted molar refractivity (Wildman–Crippen MR) is 86.3 cm³/mol. The number of thioether (sulfide) groups is 1. The zero-order valence-electron chi connectivity index (χ0n) is 13.4. The van der Waals surface area contributed by atoms with Crippen molar-refractivity contribution in [3.05, 3.63) is 35.4 Å². The molecule has 1 N–H and O–H groups in total. The number of nitrogens with one attached hydrogen (secondary N) is 1. The Balaban J connectivity index is 2.31. The Morgan fingerprint density at radius 2 is 1.83 bits per heavy atom. The number of amides is 1. The van der Waals surface area contributed by atoms with Crippen molar-refractivity contribution in [2.75, 3.05) is 0 Å². The van der Waals surface area contributed by atoms with E-state index in [1.165, 1.54) is 23.9 Å². The number of aliphatic imine (C=N–C) groups is 1. The maximum absolute atomic E-state index is 13.1. The van der Waals surface area contributed by atoms with Crippen LogP contribution < -0.4 is 5.32 Å². The highest BCUT2D eigenvalue weighted by atomic mass is 32.2. The van der Waals surface area contributed by atoms with Gasteiger partial charge in [0.15, 0.2) is 5.17 Å². The van der Waals surface area contributed by atoms with E-state index in [1.54, 1.807) is 13.0 Å². The van der Waals surface area contributed by atoms with Gasteiger partial charge in [0.2, 0.25) is 5.91 Å². The van der Waals surface area contributed by atoms with Gasteiger partial charge in [0.05, 0.1) is 11.6 Å². The van der Waals surface area contributed by atoms with Gasteiger partial charge in [-0.1, -0.05) is 43.8 Å². The first-order chi connectivity index (χ1) is 10.6. The number of halogens is 3. The number of amidine groups is 1. The minimum Gasteiger partial charge on any atom is -0.304 e. The van der Waals surface area contributed by atoms with Crippen molar-refractivity contribution in [3.63, 3.8) is 0 Å². The monoisotopic (exact) mass is 344 g/mol. The fourth-order valence-corrected chi connectivity index (χ4v) is 3.43. The van der Waals surface area contributed by atoms with Gasteiger partial charge < -0.3 is 5.32 Å². The first-order valence-electron chi connectivity index (χ1n) is 7.30. The number of hydrogen-bond donors (Lipinski definition) is 1. The molecular weight excluding hydrogens is 325 g/mol. The molecule has 1 heterocycles. The van der Waals surface area contributed by atoms with Crippen LogP contribution in [-0.2, 0) is 11.0 Å². The number of rotatable bonds is 3. The molecule has 1 saturated heterocycles. The van der Waals surface area contributed by atoms with E-state index < -0.39 is 22.5 Å². The van der Waals surface area contributed by atoms with Crippen molar-refractivity contribution in [3.8, 4) is 0 Å². The van der Waals surface area contributed by atoms with Gasteiger partial charge in [-0.3, -0.25) is 9.79 Å². The Morgan fingerprint density at radius 3 is 2.35 bits per heavy atom. The maximum atomic E-state index is 13.1. The molecule has 0 spiro atoms. The molecule has 1 aliphatic heterocycles. The first-order valence-corrected chi connectivity index (χ1v) is 8.11. The van der Waals surface area contributed by atoms with Crippen LogP contribution in [0.1, 0.15) is 44.9 Å². The molecule has 1 aliphatic rings. The second-order valence-electron chi connectivity index (χ2n) is 6.01. The van der Waals surface area contributed by atoms with E-state index in [0.29, 0.717) is 5.17 Å². The lowest BCUT2D eigenvalue weighted by Crippen LogP contribution is -2.38. The zero-order chi connectivity index (χ0) is 17.4. The second kappa shape index (κ2) is 6.19. The molecule has 0 bridgehead atoms. The standard InChI is InChI=1S/C16H19F3N2OS/c1-9(2)15(4)13(22)21-14(23-15)20-10(3)11-7-5-6-8-12(11)16(17,18)19/h5-10H,1-4H3,(H,20,21,22)/t10-,15+/m0/s1. The molecule has 0 aliphatic carbocycles. The molecule has 2 atom stereocenters. The third-order valence-corrected chi connectivity index (χ3v) is 5.59. The molecule has 0 unspecified atom stereocenters. The van der Waals surface area contributed by atoms with Crippen molar-refractivity contribution in [1.29, 1.82) is 0 Å². The van der Waals surface area contributed by atoms with Crippen LogP contribution in [-0.4, -0.2) is 15.8 Å². The van der Waals surface area contributed by atoms with Crippen molar-refractivity contribution in [1.82, 2.24) is 5.32 Å². The molecule has 126 valence electrons. The smallest absolute Gasteiger partial charge is 0.304 e. The zero-order valence-corrected chi connectivity index (χ0v) is 14.2. The van der Waals surface area contributed by atoms with Gasteiger partial charge in [-0.05, 0) is 31.4 Å². The Hall–Kier alpha value is -1.50. The van der Waals surface area contributed by atoms with Crippen molar-refractivity contribution < 1.29 is 18.0 Å². The fourth-order valence-electron chi connectivity index (χ4n) is 2.30. The van der Waals surface area contributed by atoms with E-state index in [4.69, 9.17) is 0 Å². The number of carbonyl (C=O) groups is 1. The van der Waals surface area contributed by atoms with Gasteiger partial charge in [0, 0.05) is 0 Å². The molecule has 0 saturated carbocycles. The lowest BCUT2D eigenvalue weighted by molar-refractivity contribution is -0.138. The molecule has 1 aromatic rings. The normalized spacial score (nSPS) is 25.0. The van der Waals surface area contributed by atoms with Crippen molar-refractivity contribution >= 4 is 22.8 Å². The molecule has 3 nitrogen and oxygen atoms in total. The highest BCUT2D eigenvalue weighted by Gasteiger charge is 2.45. The molecule has 1 fully saturated rings. The molecule has 1 aromatic carbocycles. The van der Waals surface area contributed by atoms with Crippen LogP contribution in [0.2, 0.25) is 0 Å². The van der Waals surface area contributed by atoms with E-state index in [1.807, 2.05) is 20.8 Å². The van der Waals surface area contributed by atoms with Crippen molar-refractivity contribution in [2.24, 2.45) is 10.9 Å². The van der Waals surface area contributed by atoms with E-state index in [-0.39, 0.29) is 17.4 Å². The highest BCUT2D eigenvalue weighted by molar-refractivity contribution is 8.16. The van der Waals surface area contributed by atoms with Gasteiger partial charge in [0.25, 0.3) is 0 Å². The molecular formula is C16H19F3N2OS. The quantitative estimate of drug-likeness (QED) is 0.883. The molecule has 0 aromatic heterocycles. The lowest BCUT2D eigenvalue weighted by Gasteiger charge is -2.22. The summed E-state index contributed by atoms with van der Waals surface area (Å²) >= 11 is 1.27. The molecule has 0 radical (unpaired) electrons. The summed E-state index contributed by atoms with van der Waals surface area (Å²) in [6, 6.07) is 4.67. The van der Waals surface area contributed by atoms with Crippen LogP contribution in [0.5, 0.6) is 0 Å². The van der Waals surface area contributed by atoms with Gasteiger partial charge in [-0.15, -0.1) is 0 Å². The summed E-state index contributed by atoms with van der Waals surface area (Å²) in [5.74, 6) is -0.0782. The van der Waals surface area contributed by atoms with E-state index in [0.717, 1.165) is 6.07 Å². The summed E-state index contributed by atoms with van der Waals surface area (Å²) < 4.78 is 38.6. The van der Waals surface area contributed by atoms with E-state index in [9.17, 15) is 18.0 Å². The highest BCUT2D eigenvalue weighted by Crippen LogP contribution is 2.40. The molecule has 7 heteroatoms. The second-order valence-corrected chi connectivity index (χ2v) is 7.45. The summed E-state index contributed by atoms with van der Waals surface area (Å²) in [7, 11) is 0. The molecule has 2 rings (SSSR count). The average molecular weight is 344 g/mol. The minimum absolute atomic E-state index is 0.0815. The number of benzene rings is 1. The number of hydrogen-bond acceptors (Lipinski definition) is 3. The predicted octanol–water partition coefficient (Wildman–Crippen LogP) is 4.40. The third kappa shape index (κ3) is 3.54. The fraction of sp³-hybridized carbons (Fsp3) is 0.500. The van der Waals surface area contributed by atoms with Crippen molar-refractivity contribution in [2.45, 2.75) is 44.7 Å². The van der Waals surface area contributed by atoms with E-state index >= 15 is 0 Å². The summed E-state index contributed by atoms with van der Waals surface area (Å²) in [6.07, 6.45) is -4.43. The first kappa shape index (κ1) is 17.8. The Labute approximate surface area is 137 Å². The van der Waals surface area contributed by atoms with Crippen LogP contribution in [0.15, 0.2) is 29.3 Å². The SMILES string of the molecule is CC(C)[C@@]1(C)SC(=N[C@@H](C)c2ccccc2C(F)(F)F)NC1=O. The van der Waals surface area contributed by atoms with Gasteiger partial charge in [0.1, 0.15) is 4.75 Å². The van der Waals surface area contributed by atoms with Gasteiger partial charge >= 0.3 is 6.18 Å². The average Bonchev–Trinajstić information content (AvgIpc) is 2.74. The third-order valence-electron chi connectivity index (χ3n) is 4.11. The Kier molecular flexibility index (Phi) is 4.80. The summed E-state index contributed by atoms with van der Waals surface area (Å²) in [5, 5.41) is 3.05.